The number of anilines is 3. The van der Waals surface area contributed by atoms with Gasteiger partial charge in [0.05, 0.1) is 0 Å². The van der Waals surface area contributed by atoms with Crippen LogP contribution in [0.15, 0.2) is 101 Å². The largest absolute Gasteiger partial charge is 0.477 e. The van der Waals surface area contributed by atoms with Crippen LogP contribution in [0.3, 0.4) is 0 Å². The number of hydrogen-bond donors (Lipinski definition) is 1. The molecular weight excluding hydrogens is 459 g/mol. The Balaban J connectivity index is 1.56. The van der Waals surface area contributed by atoms with Crippen molar-refractivity contribution in [2.45, 2.75) is 19.0 Å². The number of fused-ring (bicyclic) bond motifs is 2. The van der Waals surface area contributed by atoms with E-state index in [-0.39, 0.29) is 10.7 Å². The summed E-state index contributed by atoms with van der Waals surface area (Å²) in [6.45, 7) is 4.55. The Labute approximate surface area is 204 Å². The fourth-order valence-corrected chi connectivity index (χ4v) is 10.0. The molecule has 1 unspecified atom stereocenters. The molecular formula is C28H23N2O2PS. The van der Waals surface area contributed by atoms with E-state index in [4.69, 9.17) is 5.26 Å². The van der Waals surface area contributed by atoms with Crippen molar-refractivity contribution >= 4 is 47.0 Å². The summed E-state index contributed by atoms with van der Waals surface area (Å²) in [5.41, 5.74) is 5.64. The van der Waals surface area contributed by atoms with Crippen molar-refractivity contribution in [3.05, 3.63) is 112 Å². The van der Waals surface area contributed by atoms with Gasteiger partial charge in [-0.25, -0.2) is 4.79 Å². The maximum absolute atomic E-state index is 11.3. The number of thioether (sulfide) groups is 1. The minimum absolute atomic E-state index is 0.0665. The molecule has 2 heterocycles. The molecule has 5 rings (SSSR count). The zero-order chi connectivity index (χ0) is 23.9. The van der Waals surface area contributed by atoms with Crippen LogP contribution in [0.5, 0.6) is 0 Å². The molecule has 1 N–H and O–H groups in total. The first-order chi connectivity index (χ1) is 16.4. The fraction of sp³-hybridized carbons (Fsp3) is 0.107. The van der Waals surface area contributed by atoms with E-state index in [0.29, 0.717) is 0 Å². The number of aliphatic carboxylic acids is 1. The molecule has 4 nitrogen and oxygen atoms in total. The first-order valence-electron chi connectivity index (χ1n) is 10.9. The number of nitriles is 1. The lowest BCUT2D eigenvalue weighted by Crippen LogP contribution is -2.14. The van der Waals surface area contributed by atoms with Gasteiger partial charge in [0.15, 0.2) is 0 Å². The van der Waals surface area contributed by atoms with E-state index >= 15 is 0 Å². The number of benzene rings is 3. The number of rotatable bonds is 5. The van der Waals surface area contributed by atoms with Crippen molar-refractivity contribution in [3.63, 3.8) is 0 Å². The summed E-state index contributed by atoms with van der Waals surface area (Å²) in [7, 11) is -1.10. The quantitative estimate of drug-likeness (QED) is 0.236. The first kappa shape index (κ1) is 22.3. The molecule has 0 radical (unpaired) electrons. The summed E-state index contributed by atoms with van der Waals surface area (Å²) in [5, 5.41) is 18.3. The summed E-state index contributed by atoms with van der Waals surface area (Å²) < 4.78 is 1.32. The van der Waals surface area contributed by atoms with Crippen LogP contribution >= 0.6 is 19.3 Å². The van der Waals surface area contributed by atoms with E-state index in [9.17, 15) is 9.90 Å². The lowest BCUT2D eigenvalue weighted by molar-refractivity contribution is -0.132. The molecule has 3 aromatic rings. The van der Waals surface area contributed by atoms with Gasteiger partial charge < -0.3 is 10.0 Å². The van der Waals surface area contributed by atoms with E-state index in [1.807, 2.05) is 12.1 Å². The summed E-state index contributed by atoms with van der Waals surface area (Å²) in [6, 6.07) is 29.2. The number of para-hydroxylation sites is 2. The number of carbonyl (C=O) groups is 1. The van der Waals surface area contributed by atoms with Crippen LogP contribution in [0.25, 0.3) is 0 Å². The average Bonchev–Trinajstić information content (AvgIpc) is 3.36. The van der Waals surface area contributed by atoms with Crippen molar-refractivity contribution in [1.29, 1.82) is 5.26 Å². The highest BCUT2D eigenvalue weighted by Gasteiger charge is 2.39. The summed E-state index contributed by atoms with van der Waals surface area (Å²) in [5.74, 6) is 1.02. The molecule has 0 bridgehead atoms. The zero-order valence-electron chi connectivity index (χ0n) is 18.8. The van der Waals surface area contributed by atoms with Crippen molar-refractivity contribution in [3.8, 4) is 6.07 Å². The molecule has 3 aromatic carbocycles. The molecule has 0 spiro atoms. The Morgan fingerprint density at radius 1 is 1.00 bits per heavy atom. The van der Waals surface area contributed by atoms with Gasteiger partial charge in [0, 0.05) is 31.7 Å². The van der Waals surface area contributed by atoms with Crippen molar-refractivity contribution in [2.24, 2.45) is 0 Å². The van der Waals surface area contributed by atoms with Gasteiger partial charge in [0.1, 0.15) is 11.6 Å². The highest BCUT2D eigenvalue weighted by molar-refractivity contribution is 8.25. The minimum atomic E-state index is -1.19. The second kappa shape index (κ2) is 8.72. The second-order valence-corrected chi connectivity index (χ2v) is 13.0. The molecule has 0 fully saturated rings. The predicted molar refractivity (Wildman–Crippen MR) is 144 cm³/mol. The molecule has 6 heteroatoms. The van der Waals surface area contributed by atoms with E-state index in [1.54, 1.807) is 17.8 Å². The van der Waals surface area contributed by atoms with Gasteiger partial charge in [-0.2, -0.15) is 5.26 Å². The van der Waals surface area contributed by atoms with Gasteiger partial charge in [-0.3, -0.25) is 0 Å². The third-order valence-electron chi connectivity index (χ3n) is 6.27. The van der Waals surface area contributed by atoms with Crippen molar-refractivity contribution < 1.29 is 9.90 Å². The van der Waals surface area contributed by atoms with Crippen molar-refractivity contribution in [1.82, 2.24) is 0 Å². The normalized spacial score (nSPS) is 18.0. The maximum Gasteiger partial charge on any atom is 0.346 e. The SMILES string of the molecule is CC1(C)c2cc(N(c3ccccc3)c3ccccc3)ccc2C2=[PH]1C=C(/C=C(\C#N)C(=O)O)S2. The van der Waals surface area contributed by atoms with Crippen LogP contribution in [-0.2, 0) is 9.95 Å². The highest BCUT2D eigenvalue weighted by Crippen LogP contribution is 2.64. The van der Waals surface area contributed by atoms with Crippen molar-refractivity contribution in [2.75, 3.05) is 4.90 Å². The van der Waals surface area contributed by atoms with Gasteiger partial charge in [-0.1, -0.05) is 75.6 Å². The molecule has 0 aromatic heterocycles. The van der Waals surface area contributed by atoms with Crippen LogP contribution in [-0.4, -0.2) is 15.7 Å². The summed E-state index contributed by atoms with van der Waals surface area (Å²) in [4.78, 5) is 14.4. The molecule has 0 amide bonds. The van der Waals surface area contributed by atoms with Crippen LogP contribution in [0, 0.1) is 11.3 Å². The molecule has 1 atom stereocenters. The smallest absolute Gasteiger partial charge is 0.346 e. The van der Waals surface area contributed by atoms with E-state index in [2.05, 4.69) is 91.3 Å². The maximum atomic E-state index is 11.3. The zero-order valence-corrected chi connectivity index (χ0v) is 20.6. The van der Waals surface area contributed by atoms with Crippen LogP contribution in [0.1, 0.15) is 25.0 Å². The average molecular weight is 483 g/mol. The third kappa shape index (κ3) is 3.80. The molecule has 2 aliphatic heterocycles. The Morgan fingerprint density at radius 2 is 1.62 bits per heavy atom. The van der Waals surface area contributed by atoms with Gasteiger partial charge >= 0.3 is 5.97 Å². The Bertz CT molecular complexity index is 1390. The number of carboxylic acid groups (broad SMARTS) is 1. The molecule has 34 heavy (non-hydrogen) atoms. The van der Waals surface area contributed by atoms with Gasteiger partial charge in [0.2, 0.25) is 0 Å². The third-order valence-corrected chi connectivity index (χ3v) is 11.3. The topological polar surface area (TPSA) is 64.3 Å². The van der Waals surface area contributed by atoms with Gasteiger partial charge in [0.25, 0.3) is 0 Å². The fourth-order valence-electron chi connectivity index (χ4n) is 4.56. The van der Waals surface area contributed by atoms with Crippen LogP contribution in [0.2, 0.25) is 0 Å². The summed E-state index contributed by atoms with van der Waals surface area (Å²) in [6.07, 6.45) is 1.51. The predicted octanol–water partition coefficient (Wildman–Crippen LogP) is 7.22. The van der Waals surface area contributed by atoms with Gasteiger partial charge in [-0.05, 0) is 59.4 Å². The van der Waals surface area contributed by atoms with E-state index < -0.39 is 13.5 Å². The first-order valence-corrected chi connectivity index (χ1v) is 13.3. The lowest BCUT2D eigenvalue weighted by atomic mass is 9.96. The molecule has 0 saturated heterocycles. The lowest BCUT2D eigenvalue weighted by Gasteiger charge is -2.29. The van der Waals surface area contributed by atoms with Gasteiger partial charge in [-0.15, -0.1) is 0 Å². The number of allylic oxidation sites excluding steroid dienone is 1. The molecule has 0 aliphatic carbocycles. The highest BCUT2D eigenvalue weighted by atomic mass is 32.2. The summed E-state index contributed by atoms with van der Waals surface area (Å²) >= 11 is 1.61. The number of carboxylic acids is 1. The number of hydrogen-bond acceptors (Lipinski definition) is 4. The van der Waals surface area contributed by atoms with E-state index in [1.165, 1.54) is 21.8 Å². The minimum Gasteiger partial charge on any atom is -0.477 e. The Morgan fingerprint density at radius 3 is 2.18 bits per heavy atom. The standard InChI is InChI=1S/C28H23N2O2PS/c1-28(2)25-16-22(30(20-9-5-3-6-10-20)21-11-7-4-8-12-21)13-14-24(25)27-33(28)18-23(34-27)15-19(17-29)26(31)32/h3-16,18,33H,1-2H3,(H,31,32)/b19-15+. The molecule has 168 valence electrons. The molecule has 2 aliphatic rings. The Hall–Kier alpha value is -3.45. The van der Waals surface area contributed by atoms with Crippen LogP contribution < -0.4 is 4.90 Å². The second-order valence-electron chi connectivity index (χ2n) is 8.73. The van der Waals surface area contributed by atoms with E-state index in [0.717, 1.165) is 22.0 Å². The van der Waals surface area contributed by atoms with Crippen LogP contribution in [0.4, 0.5) is 17.1 Å². The Kier molecular flexibility index (Phi) is 5.73. The monoisotopic (exact) mass is 482 g/mol. The molecule has 0 saturated carbocycles. The number of nitrogens with zero attached hydrogens (tertiary/aromatic N) is 2.